The Bertz CT molecular complexity index is 553. The molecule has 6 heteroatoms. The summed E-state index contributed by atoms with van der Waals surface area (Å²) in [6.07, 6.45) is 0. The highest BCUT2D eigenvalue weighted by Crippen LogP contribution is 2.22. The predicted molar refractivity (Wildman–Crippen MR) is 75.6 cm³/mol. The summed E-state index contributed by atoms with van der Waals surface area (Å²) in [5.74, 6) is -0.417. The van der Waals surface area contributed by atoms with Gasteiger partial charge in [-0.3, -0.25) is 4.79 Å². The molecule has 1 aromatic rings. The first-order valence-electron chi connectivity index (χ1n) is 6.17. The maximum atomic E-state index is 11.9. The van der Waals surface area contributed by atoms with Crippen LogP contribution < -0.4 is 11.1 Å². The molecule has 106 valence electrons. The van der Waals surface area contributed by atoms with E-state index in [1.54, 1.807) is 25.1 Å². The van der Waals surface area contributed by atoms with Gasteiger partial charge in [-0.05, 0) is 18.1 Å². The van der Waals surface area contributed by atoms with Crippen LogP contribution >= 0.6 is 0 Å². The molecule has 1 rings (SSSR count). The molecule has 19 heavy (non-hydrogen) atoms. The molecular weight excluding hydrogens is 264 g/mol. The number of nitrogens with one attached hydrogen (secondary N) is 1. The summed E-state index contributed by atoms with van der Waals surface area (Å²) >= 11 is 0. The third-order valence-corrected chi connectivity index (χ3v) is 4.67. The second kappa shape index (κ2) is 6.16. The van der Waals surface area contributed by atoms with Gasteiger partial charge in [0.2, 0.25) is 5.91 Å². The van der Waals surface area contributed by atoms with Gasteiger partial charge >= 0.3 is 0 Å². The van der Waals surface area contributed by atoms with Gasteiger partial charge in [-0.2, -0.15) is 0 Å². The van der Waals surface area contributed by atoms with Crippen LogP contribution in [0.15, 0.2) is 29.2 Å². The number of hydrogen-bond acceptors (Lipinski definition) is 4. The number of para-hydroxylation sites is 1. The van der Waals surface area contributed by atoms with Gasteiger partial charge < -0.3 is 11.1 Å². The molecule has 3 N–H and O–H groups in total. The number of rotatable bonds is 5. The molecule has 0 radical (unpaired) electrons. The predicted octanol–water partition coefficient (Wildman–Crippen LogP) is 1.40. The summed E-state index contributed by atoms with van der Waals surface area (Å²) in [7, 11) is -3.38. The average molecular weight is 284 g/mol. The van der Waals surface area contributed by atoms with E-state index in [1.165, 1.54) is 6.07 Å². The van der Waals surface area contributed by atoms with Gasteiger partial charge in [0.05, 0.1) is 22.4 Å². The van der Waals surface area contributed by atoms with Crippen molar-refractivity contribution in [2.45, 2.75) is 31.7 Å². The minimum atomic E-state index is -3.38. The van der Waals surface area contributed by atoms with Crippen molar-refractivity contribution in [2.75, 3.05) is 11.1 Å². The van der Waals surface area contributed by atoms with Crippen molar-refractivity contribution in [1.82, 2.24) is 0 Å². The summed E-state index contributed by atoms with van der Waals surface area (Å²) in [4.78, 5) is 12.0. The Morgan fingerprint density at radius 2 is 1.89 bits per heavy atom. The lowest BCUT2D eigenvalue weighted by molar-refractivity contribution is -0.118. The molecule has 0 bridgehead atoms. The van der Waals surface area contributed by atoms with Crippen LogP contribution in [0.5, 0.6) is 0 Å². The molecule has 0 aliphatic rings. The van der Waals surface area contributed by atoms with E-state index >= 15 is 0 Å². The number of carbonyl (C=O) groups excluding carboxylic acids is 1. The smallest absolute Gasteiger partial charge is 0.241 e. The van der Waals surface area contributed by atoms with Gasteiger partial charge in [-0.1, -0.05) is 32.9 Å². The Hall–Kier alpha value is -1.40. The normalized spacial score (nSPS) is 13.3. The van der Waals surface area contributed by atoms with E-state index in [9.17, 15) is 13.2 Å². The number of benzene rings is 1. The highest BCUT2D eigenvalue weighted by Gasteiger charge is 2.21. The topological polar surface area (TPSA) is 89.3 Å². The van der Waals surface area contributed by atoms with Gasteiger partial charge in [-0.15, -0.1) is 0 Å². The fourth-order valence-electron chi connectivity index (χ4n) is 1.52. The summed E-state index contributed by atoms with van der Waals surface area (Å²) < 4.78 is 23.8. The summed E-state index contributed by atoms with van der Waals surface area (Å²) in [5, 5.41) is 2.59. The second-order valence-corrected chi connectivity index (χ2v) is 6.91. The highest BCUT2D eigenvalue weighted by atomic mass is 32.2. The lowest BCUT2D eigenvalue weighted by atomic mass is 10.1. The summed E-state index contributed by atoms with van der Waals surface area (Å²) in [5.41, 5.74) is 6.02. The number of carbonyl (C=O) groups is 1. The van der Waals surface area contributed by atoms with Crippen molar-refractivity contribution in [3.8, 4) is 0 Å². The lowest BCUT2D eigenvalue weighted by Gasteiger charge is -2.17. The van der Waals surface area contributed by atoms with Crippen molar-refractivity contribution >= 4 is 21.4 Å². The molecule has 0 saturated heterocycles. The lowest BCUT2D eigenvalue weighted by Crippen LogP contribution is -2.40. The average Bonchev–Trinajstić information content (AvgIpc) is 2.38. The van der Waals surface area contributed by atoms with Gasteiger partial charge in [0.15, 0.2) is 9.84 Å². The second-order valence-electron chi connectivity index (χ2n) is 4.66. The van der Waals surface area contributed by atoms with E-state index in [1.807, 2.05) is 13.8 Å². The van der Waals surface area contributed by atoms with E-state index in [-0.39, 0.29) is 28.2 Å². The van der Waals surface area contributed by atoms with Gasteiger partial charge in [0.1, 0.15) is 0 Å². The SMILES string of the molecule is CCS(=O)(=O)c1ccccc1NC(=O)C(N)C(C)C. The molecule has 0 heterocycles. The van der Waals surface area contributed by atoms with Crippen LogP contribution in [0.25, 0.3) is 0 Å². The van der Waals surface area contributed by atoms with Crippen molar-refractivity contribution in [1.29, 1.82) is 0 Å². The van der Waals surface area contributed by atoms with E-state index in [0.29, 0.717) is 0 Å². The van der Waals surface area contributed by atoms with Crippen molar-refractivity contribution in [2.24, 2.45) is 11.7 Å². The molecule has 1 amide bonds. The monoisotopic (exact) mass is 284 g/mol. The largest absolute Gasteiger partial charge is 0.324 e. The van der Waals surface area contributed by atoms with Gasteiger partial charge in [-0.25, -0.2) is 8.42 Å². The van der Waals surface area contributed by atoms with E-state index < -0.39 is 15.9 Å². The standard InChI is InChI=1S/C13H20N2O3S/c1-4-19(17,18)11-8-6-5-7-10(11)15-13(16)12(14)9(2)3/h5-9,12H,4,14H2,1-3H3,(H,15,16). The van der Waals surface area contributed by atoms with E-state index in [4.69, 9.17) is 5.73 Å². The summed E-state index contributed by atoms with van der Waals surface area (Å²) in [6.45, 7) is 5.23. The molecular formula is C13H20N2O3S. The van der Waals surface area contributed by atoms with Crippen LogP contribution in [-0.4, -0.2) is 26.1 Å². The zero-order chi connectivity index (χ0) is 14.6. The van der Waals surface area contributed by atoms with Crippen LogP contribution in [0.2, 0.25) is 0 Å². The number of anilines is 1. The number of sulfone groups is 1. The molecule has 0 spiro atoms. The third kappa shape index (κ3) is 3.78. The molecule has 0 aliphatic carbocycles. The number of hydrogen-bond donors (Lipinski definition) is 2. The van der Waals surface area contributed by atoms with Crippen LogP contribution in [0.4, 0.5) is 5.69 Å². The maximum absolute atomic E-state index is 11.9. The van der Waals surface area contributed by atoms with Crippen LogP contribution in [-0.2, 0) is 14.6 Å². The van der Waals surface area contributed by atoms with Gasteiger partial charge in [0, 0.05) is 0 Å². The van der Waals surface area contributed by atoms with Crippen LogP contribution in [0.1, 0.15) is 20.8 Å². The molecule has 1 atom stereocenters. The minimum absolute atomic E-state index is 0.0177. The van der Waals surface area contributed by atoms with Crippen molar-refractivity contribution in [3.05, 3.63) is 24.3 Å². The number of nitrogens with two attached hydrogens (primary N) is 1. The Labute approximate surface area is 114 Å². The summed E-state index contributed by atoms with van der Waals surface area (Å²) in [6, 6.07) is 5.67. The fourth-order valence-corrected chi connectivity index (χ4v) is 2.57. The van der Waals surface area contributed by atoms with Gasteiger partial charge in [0.25, 0.3) is 0 Å². The first-order valence-corrected chi connectivity index (χ1v) is 7.83. The Morgan fingerprint density at radius 1 is 1.32 bits per heavy atom. The minimum Gasteiger partial charge on any atom is -0.324 e. The fraction of sp³-hybridized carbons (Fsp3) is 0.462. The first kappa shape index (κ1) is 15.7. The van der Waals surface area contributed by atoms with Crippen LogP contribution in [0, 0.1) is 5.92 Å². The van der Waals surface area contributed by atoms with E-state index in [0.717, 1.165) is 0 Å². The number of amides is 1. The zero-order valence-corrected chi connectivity index (χ0v) is 12.2. The Morgan fingerprint density at radius 3 is 2.42 bits per heavy atom. The maximum Gasteiger partial charge on any atom is 0.241 e. The van der Waals surface area contributed by atoms with Crippen molar-refractivity contribution in [3.63, 3.8) is 0 Å². The highest BCUT2D eigenvalue weighted by molar-refractivity contribution is 7.91. The first-order chi connectivity index (χ1) is 8.79. The quantitative estimate of drug-likeness (QED) is 0.855. The third-order valence-electron chi connectivity index (χ3n) is 2.88. The van der Waals surface area contributed by atoms with Crippen molar-refractivity contribution < 1.29 is 13.2 Å². The van der Waals surface area contributed by atoms with Crippen LogP contribution in [0.3, 0.4) is 0 Å². The Kier molecular flexibility index (Phi) is 5.08. The van der Waals surface area contributed by atoms with E-state index in [2.05, 4.69) is 5.32 Å². The Balaban J connectivity index is 3.07. The molecule has 0 aliphatic heterocycles. The molecule has 0 fully saturated rings. The molecule has 5 nitrogen and oxygen atoms in total. The zero-order valence-electron chi connectivity index (χ0n) is 11.4. The molecule has 0 aromatic heterocycles. The molecule has 1 aromatic carbocycles. The molecule has 0 saturated carbocycles. The molecule has 1 unspecified atom stereocenters.